The Morgan fingerprint density at radius 3 is 2.48 bits per heavy atom. The predicted octanol–water partition coefficient (Wildman–Crippen LogP) is 2.59. The van der Waals surface area contributed by atoms with Crippen molar-refractivity contribution in [2.24, 2.45) is 0 Å². The maximum Gasteiger partial charge on any atom is 0.170 e. The van der Waals surface area contributed by atoms with Crippen molar-refractivity contribution in [3.8, 4) is 11.5 Å². The van der Waals surface area contributed by atoms with Crippen LogP contribution in [0.2, 0.25) is 0 Å². The van der Waals surface area contributed by atoms with Gasteiger partial charge in [-0.05, 0) is 31.1 Å². The fourth-order valence-corrected chi connectivity index (χ4v) is 2.31. The summed E-state index contributed by atoms with van der Waals surface area (Å²) in [5.41, 5.74) is 1.99. The molecule has 0 fully saturated rings. The fourth-order valence-electron chi connectivity index (χ4n) is 2.09. The highest BCUT2D eigenvalue weighted by molar-refractivity contribution is 7.80. The lowest BCUT2D eigenvalue weighted by Crippen LogP contribution is -2.29. The molecule has 0 spiro atoms. The first-order valence-corrected chi connectivity index (χ1v) is 7.78. The topological polar surface area (TPSA) is 60.3 Å². The number of aromatic nitrogens is 2. The van der Waals surface area contributed by atoms with Crippen LogP contribution in [0.15, 0.2) is 30.6 Å². The lowest BCUT2D eigenvalue weighted by molar-refractivity contribution is 0.395. The van der Waals surface area contributed by atoms with E-state index in [0.29, 0.717) is 16.6 Å². The molecule has 0 aliphatic heterocycles. The second kappa shape index (κ2) is 8.38. The summed E-state index contributed by atoms with van der Waals surface area (Å²) in [5, 5.41) is 11.1. The predicted molar refractivity (Wildman–Crippen MR) is 95.4 cm³/mol. The van der Waals surface area contributed by atoms with E-state index < -0.39 is 0 Å². The minimum Gasteiger partial charge on any atom is -0.497 e. The minimum atomic E-state index is 0.567. The van der Waals surface area contributed by atoms with Crippen molar-refractivity contribution >= 4 is 23.0 Å². The van der Waals surface area contributed by atoms with Gasteiger partial charge in [0.05, 0.1) is 20.4 Å². The van der Waals surface area contributed by atoms with E-state index in [9.17, 15) is 0 Å². The molecule has 0 aliphatic carbocycles. The Morgan fingerprint density at radius 1 is 1.22 bits per heavy atom. The highest BCUT2D eigenvalue weighted by atomic mass is 32.1. The quantitative estimate of drug-likeness (QED) is 0.599. The van der Waals surface area contributed by atoms with Gasteiger partial charge < -0.3 is 20.1 Å². The average molecular weight is 334 g/mol. The number of rotatable bonds is 7. The molecule has 0 saturated carbocycles. The molecule has 6 nitrogen and oxygen atoms in total. The van der Waals surface area contributed by atoms with E-state index in [0.717, 1.165) is 25.2 Å². The lowest BCUT2D eigenvalue weighted by atomic mass is 10.3. The Kier molecular flexibility index (Phi) is 6.22. The van der Waals surface area contributed by atoms with Gasteiger partial charge >= 0.3 is 0 Å². The number of hydrogen-bond acceptors (Lipinski definition) is 4. The fraction of sp³-hybridized carbons (Fsp3) is 0.375. The van der Waals surface area contributed by atoms with Gasteiger partial charge in [-0.3, -0.25) is 4.68 Å². The molecular weight excluding hydrogens is 312 g/mol. The SMILES string of the molecule is COc1cc(NC(=S)NCCCn2cc(C)cn2)cc(OC)c1. The van der Waals surface area contributed by atoms with Crippen molar-refractivity contribution in [2.75, 3.05) is 26.1 Å². The van der Waals surface area contributed by atoms with E-state index in [4.69, 9.17) is 21.7 Å². The molecular formula is C16H22N4O2S. The van der Waals surface area contributed by atoms with Gasteiger partial charge in [-0.1, -0.05) is 0 Å². The van der Waals surface area contributed by atoms with Crippen LogP contribution in [0.5, 0.6) is 11.5 Å². The molecule has 7 heteroatoms. The number of aryl methyl sites for hydroxylation is 2. The summed E-state index contributed by atoms with van der Waals surface area (Å²) in [6.07, 6.45) is 4.82. The Balaban J connectivity index is 1.78. The van der Waals surface area contributed by atoms with Crippen molar-refractivity contribution in [3.05, 3.63) is 36.2 Å². The molecule has 0 radical (unpaired) electrons. The van der Waals surface area contributed by atoms with Gasteiger partial charge in [0.2, 0.25) is 0 Å². The molecule has 0 saturated heterocycles. The normalized spacial score (nSPS) is 10.2. The van der Waals surface area contributed by atoms with E-state index in [1.807, 2.05) is 42.2 Å². The van der Waals surface area contributed by atoms with Crippen LogP contribution in [0.1, 0.15) is 12.0 Å². The Bertz CT molecular complexity index is 635. The highest BCUT2D eigenvalue weighted by Gasteiger charge is 2.03. The van der Waals surface area contributed by atoms with Gasteiger partial charge in [-0.25, -0.2) is 0 Å². The minimum absolute atomic E-state index is 0.567. The van der Waals surface area contributed by atoms with Crippen molar-refractivity contribution < 1.29 is 9.47 Å². The molecule has 124 valence electrons. The van der Waals surface area contributed by atoms with E-state index >= 15 is 0 Å². The second-order valence-electron chi connectivity index (χ2n) is 5.12. The summed E-state index contributed by atoms with van der Waals surface area (Å²) in [7, 11) is 3.23. The average Bonchev–Trinajstić information content (AvgIpc) is 2.96. The largest absolute Gasteiger partial charge is 0.497 e. The second-order valence-corrected chi connectivity index (χ2v) is 5.52. The summed E-state index contributed by atoms with van der Waals surface area (Å²) in [5.74, 6) is 1.42. The van der Waals surface area contributed by atoms with E-state index in [-0.39, 0.29) is 0 Å². The van der Waals surface area contributed by atoms with Crippen molar-refractivity contribution in [1.29, 1.82) is 0 Å². The van der Waals surface area contributed by atoms with Crippen LogP contribution in [0.3, 0.4) is 0 Å². The van der Waals surface area contributed by atoms with Crippen molar-refractivity contribution in [1.82, 2.24) is 15.1 Å². The smallest absolute Gasteiger partial charge is 0.170 e. The molecule has 0 amide bonds. The molecule has 0 atom stereocenters. The number of ether oxygens (including phenoxy) is 2. The van der Waals surface area contributed by atoms with Crippen LogP contribution in [0.4, 0.5) is 5.69 Å². The van der Waals surface area contributed by atoms with Crippen LogP contribution >= 0.6 is 12.2 Å². The first-order valence-electron chi connectivity index (χ1n) is 7.37. The maximum absolute atomic E-state index is 5.30. The molecule has 1 heterocycles. The molecule has 2 N–H and O–H groups in total. The number of hydrogen-bond donors (Lipinski definition) is 2. The van der Waals surface area contributed by atoms with E-state index in [2.05, 4.69) is 15.7 Å². The maximum atomic E-state index is 5.30. The highest BCUT2D eigenvalue weighted by Crippen LogP contribution is 2.25. The van der Waals surface area contributed by atoms with Crippen molar-refractivity contribution in [3.63, 3.8) is 0 Å². The van der Waals surface area contributed by atoms with Gasteiger partial charge in [0, 0.05) is 43.2 Å². The third kappa shape index (κ3) is 5.45. The lowest BCUT2D eigenvalue weighted by Gasteiger charge is -2.13. The zero-order valence-electron chi connectivity index (χ0n) is 13.6. The van der Waals surface area contributed by atoms with Crippen LogP contribution in [-0.4, -0.2) is 35.7 Å². The Labute approximate surface area is 141 Å². The Hall–Kier alpha value is -2.28. The standard InChI is InChI=1S/C16H22N4O2S/c1-12-10-18-20(11-12)6-4-5-17-16(23)19-13-7-14(21-2)9-15(8-13)22-3/h7-11H,4-6H2,1-3H3,(H2,17,19,23). The number of methoxy groups -OCH3 is 2. The summed E-state index contributed by atoms with van der Waals surface area (Å²) in [4.78, 5) is 0. The molecule has 0 bridgehead atoms. The van der Waals surface area contributed by atoms with E-state index in [1.54, 1.807) is 14.2 Å². The van der Waals surface area contributed by atoms with Crippen LogP contribution in [-0.2, 0) is 6.54 Å². The van der Waals surface area contributed by atoms with Gasteiger partial charge in [0.25, 0.3) is 0 Å². The number of nitrogens with zero attached hydrogens (tertiary/aromatic N) is 2. The van der Waals surface area contributed by atoms with Gasteiger partial charge in [0.15, 0.2) is 5.11 Å². The summed E-state index contributed by atoms with van der Waals surface area (Å²) in [6.45, 7) is 3.66. The summed E-state index contributed by atoms with van der Waals surface area (Å²) in [6, 6.07) is 5.54. The number of anilines is 1. The molecule has 0 aliphatic rings. The third-order valence-corrected chi connectivity index (χ3v) is 3.47. The zero-order chi connectivity index (χ0) is 16.7. The van der Waals surface area contributed by atoms with Crippen LogP contribution in [0, 0.1) is 6.92 Å². The molecule has 0 unspecified atom stereocenters. The van der Waals surface area contributed by atoms with Gasteiger partial charge in [-0.15, -0.1) is 0 Å². The number of thiocarbonyl (C=S) groups is 1. The molecule has 1 aromatic carbocycles. The summed E-state index contributed by atoms with van der Waals surface area (Å²) >= 11 is 5.30. The van der Waals surface area contributed by atoms with Gasteiger partial charge in [0.1, 0.15) is 11.5 Å². The first-order chi connectivity index (χ1) is 11.1. The van der Waals surface area contributed by atoms with Gasteiger partial charge in [-0.2, -0.15) is 5.10 Å². The monoisotopic (exact) mass is 334 g/mol. The van der Waals surface area contributed by atoms with Crippen LogP contribution < -0.4 is 20.1 Å². The molecule has 2 aromatic rings. The molecule has 23 heavy (non-hydrogen) atoms. The van der Waals surface area contributed by atoms with Crippen LogP contribution in [0.25, 0.3) is 0 Å². The third-order valence-electron chi connectivity index (χ3n) is 3.22. The zero-order valence-corrected chi connectivity index (χ0v) is 14.4. The number of benzene rings is 1. The first kappa shape index (κ1) is 17.1. The molecule has 1 aromatic heterocycles. The van der Waals surface area contributed by atoms with E-state index in [1.165, 1.54) is 5.56 Å². The summed E-state index contributed by atoms with van der Waals surface area (Å²) < 4.78 is 12.4. The Morgan fingerprint density at radius 2 is 1.91 bits per heavy atom. The number of nitrogens with one attached hydrogen (secondary N) is 2. The van der Waals surface area contributed by atoms with Crippen molar-refractivity contribution in [2.45, 2.75) is 19.9 Å². The molecule has 2 rings (SSSR count).